The topological polar surface area (TPSA) is 49.3 Å². The maximum atomic E-state index is 13.6. The van der Waals surface area contributed by atoms with Crippen LogP contribution in [0.4, 0.5) is 8.78 Å². The van der Waals surface area contributed by atoms with Gasteiger partial charge in [-0.05, 0) is 30.0 Å². The minimum absolute atomic E-state index is 0.0335. The average molecular weight is 319 g/mol. The van der Waals surface area contributed by atoms with Crippen LogP contribution < -0.4 is 5.32 Å². The van der Waals surface area contributed by atoms with Crippen LogP contribution in [0.5, 0.6) is 0 Å². The highest BCUT2D eigenvalue weighted by molar-refractivity contribution is 5.79. The molecule has 0 aliphatic carbocycles. The fourth-order valence-corrected chi connectivity index (χ4v) is 2.39. The minimum atomic E-state index is -0.730. The van der Waals surface area contributed by atoms with Gasteiger partial charge in [-0.15, -0.1) is 0 Å². The zero-order valence-electron chi connectivity index (χ0n) is 12.6. The molecule has 2 aromatic carbocycles. The standard InChI is InChI=1S/C18H19F2NO2/c19-15-9-8-14(16(20)12-15)11-18(23)21-17(7-4-10-22)13-5-2-1-3-6-13/h1-3,5-6,8-9,12,17,22H,4,7,10-11H2,(H,21,23). The third-order valence-electron chi connectivity index (χ3n) is 3.55. The monoisotopic (exact) mass is 319 g/mol. The first-order valence-corrected chi connectivity index (χ1v) is 7.49. The number of hydrogen-bond donors (Lipinski definition) is 2. The van der Waals surface area contributed by atoms with Gasteiger partial charge < -0.3 is 10.4 Å². The second kappa shape index (κ2) is 8.39. The van der Waals surface area contributed by atoms with Crippen molar-refractivity contribution in [1.29, 1.82) is 0 Å². The Kier molecular flexibility index (Phi) is 6.23. The highest BCUT2D eigenvalue weighted by Crippen LogP contribution is 2.19. The first-order chi connectivity index (χ1) is 11.1. The van der Waals surface area contributed by atoms with Crippen molar-refractivity contribution >= 4 is 5.91 Å². The lowest BCUT2D eigenvalue weighted by Crippen LogP contribution is -2.30. The van der Waals surface area contributed by atoms with E-state index >= 15 is 0 Å². The number of halogens is 2. The number of carbonyl (C=O) groups excluding carboxylic acids is 1. The Morgan fingerprint density at radius 3 is 2.52 bits per heavy atom. The minimum Gasteiger partial charge on any atom is -0.396 e. The summed E-state index contributed by atoms with van der Waals surface area (Å²) in [5.41, 5.74) is 1.08. The van der Waals surface area contributed by atoms with Crippen LogP contribution in [0, 0.1) is 11.6 Å². The molecule has 0 heterocycles. The van der Waals surface area contributed by atoms with E-state index in [1.54, 1.807) is 0 Å². The van der Waals surface area contributed by atoms with E-state index in [9.17, 15) is 13.6 Å². The Morgan fingerprint density at radius 2 is 1.87 bits per heavy atom. The number of nitrogens with one attached hydrogen (secondary N) is 1. The molecule has 3 nitrogen and oxygen atoms in total. The molecule has 0 saturated heterocycles. The Labute approximate surface area is 134 Å². The van der Waals surface area contributed by atoms with Crippen LogP contribution in [0.15, 0.2) is 48.5 Å². The van der Waals surface area contributed by atoms with E-state index in [4.69, 9.17) is 5.11 Å². The summed E-state index contributed by atoms with van der Waals surface area (Å²) < 4.78 is 26.5. The molecular weight excluding hydrogens is 300 g/mol. The lowest BCUT2D eigenvalue weighted by atomic mass is 10.0. The lowest BCUT2D eigenvalue weighted by Gasteiger charge is -2.19. The lowest BCUT2D eigenvalue weighted by molar-refractivity contribution is -0.121. The molecule has 0 radical (unpaired) electrons. The van der Waals surface area contributed by atoms with Crippen LogP contribution in [0.3, 0.4) is 0 Å². The van der Waals surface area contributed by atoms with Crippen molar-refractivity contribution < 1.29 is 18.7 Å². The van der Waals surface area contributed by atoms with Gasteiger partial charge >= 0.3 is 0 Å². The summed E-state index contributed by atoms with van der Waals surface area (Å²) >= 11 is 0. The van der Waals surface area contributed by atoms with Gasteiger partial charge in [0.2, 0.25) is 5.91 Å². The first-order valence-electron chi connectivity index (χ1n) is 7.49. The number of hydrogen-bond acceptors (Lipinski definition) is 2. The SMILES string of the molecule is O=C(Cc1ccc(F)cc1F)NC(CCCO)c1ccccc1. The number of benzene rings is 2. The van der Waals surface area contributed by atoms with Gasteiger partial charge in [-0.25, -0.2) is 8.78 Å². The van der Waals surface area contributed by atoms with Crippen LogP contribution in [0.25, 0.3) is 0 Å². The Balaban J connectivity index is 2.05. The molecule has 0 aromatic heterocycles. The summed E-state index contributed by atoms with van der Waals surface area (Å²) in [7, 11) is 0. The predicted octanol–water partition coefficient (Wildman–Crippen LogP) is 3.14. The van der Waals surface area contributed by atoms with Crippen molar-refractivity contribution in [3.05, 3.63) is 71.3 Å². The molecule has 122 valence electrons. The molecule has 0 aliphatic rings. The second-order valence-corrected chi connectivity index (χ2v) is 5.31. The quantitative estimate of drug-likeness (QED) is 0.824. The highest BCUT2D eigenvalue weighted by atomic mass is 19.1. The van der Waals surface area contributed by atoms with Crippen LogP contribution >= 0.6 is 0 Å². The summed E-state index contributed by atoms with van der Waals surface area (Å²) in [4.78, 5) is 12.2. The smallest absolute Gasteiger partial charge is 0.225 e. The van der Waals surface area contributed by atoms with E-state index in [2.05, 4.69) is 5.32 Å². The number of rotatable bonds is 7. The Morgan fingerprint density at radius 1 is 1.13 bits per heavy atom. The van der Waals surface area contributed by atoms with E-state index in [0.717, 1.165) is 17.7 Å². The summed E-state index contributed by atoms with van der Waals surface area (Å²) in [6.07, 6.45) is 0.970. The van der Waals surface area contributed by atoms with Crippen molar-refractivity contribution in [2.24, 2.45) is 0 Å². The molecule has 23 heavy (non-hydrogen) atoms. The molecular formula is C18H19F2NO2. The van der Waals surface area contributed by atoms with Crippen LogP contribution in [-0.4, -0.2) is 17.6 Å². The molecule has 2 rings (SSSR count). The Hall–Kier alpha value is -2.27. The van der Waals surface area contributed by atoms with Crippen molar-refractivity contribution in [2.45, 2.75) is 25.3 Å². The van der Waals surface area contributed by atoms with Gasteiger partial charge in [-0.2, -0.15) is 0 Å². The molecule has 2 aromatic rings. The largest absolute Gasteiger partial charge is 0.396 e. The fraction of sp³-hybridized carbons (Fsp3) is 0.278. The van der Waals surface area contributed by atoms with Gasteiger partial charge in [0, 0.05) is 12.7 Å². The van der Waals surface area contributed by atoms with Crippen LogP contribution in [-0.2, 0) is 11.2 Å². The molecule has 2 N–H and O–H groups in total. The van der Waals surface area contributed by atoms with E-state index in [1.165, 1.54) is 6.07 Å². The number of carbonyl (C=O) groups is 1. The molecule has 0 fully saturated rings. The number of amides is 1. The van der Waals surface area contributed by atoms with E-state index in [0.29, 0.717) is 12.8 Å². The number of aliphatic hydroxyl groups excluding tert-OH is 1. The third-order valence-corrected chi connectivity index (χ3v) is 3.55. The summed E-state index contributed by atoms with van der Waals surface area (Å²) in [5.74, 6) is -1.74. The van der Waals surface area contributed by atoms with Crippen LogP contribution in [0.1, 0.15) is 30.0 Å². The molecule has 1 unspecified atom stereocenters. The van der Waals surface area contributed by atoms with Crippen molar-refractivity contribution in [3.63, 3.8) is 0 Å². The van der Waals surface area contributed by atoms with Gasteiger partial charge in [0.25, 0.3) is 0 Å². The molecule has 5 heteroatoms. The summed E-state index contributed by atoms with van der Waals surface area (Å²) in [5, 5.41) is 11.8. The maximum Gasteiger partial charge on any atom is 0.225 e. The van der Waals surface area contributed by atoms with Crippen molar-refractivity contribution in [2.75, 3.05) is 6.61 Å². The van der Waals surface area contributed by atoms with Gasteiger partial charge in [0.1, 0.15) is 11.6 Å². The van der Waals surface area contributed by atoms with Gasteiger partial charge in [0.05, 0.1) is 12.5 Å². The Bertz CT molecular complexity index is 647. The zero-order valence-corrected chi connectivity index (χ0v) is 12.6. The van der Waals surface area contributed by atoms with E-state index in [1.807, 2.05) is 30.3 Å². The first kappa shape index (κ1) is 17.1. The average Bonchev–Trinajstić information content (AvgIpc) is 2.55. The van der Waals surface area contributed by atoms with Crippen LogP contribution in [0.2, 0.25) is 0 Å². The van der Waals surface area contributed by atoms with E-state index < -0.39 is 11.6 Å². The second-order valence-electron chi connectivity index (χ2n) is 5.31. The normalized spacial score (nSPS) is 12.0. The van der Waals surface area contributed by atoms with Gasteiger partial charge in [-0.1, -0.05) is 36.4 Å². The molecule has 0 bridgehead atoms. The molecule has 0 spiro atoms. The van der Waals surface area contributed by atoms with Gasteiger partial charge in [0.15, 0.2) is 0 Å². The number of aliphatic hydroxyl groups is 1. The van der Waals surface area contributed by atoms with Crippen molar-refractivity contribution in [3.8, 4) is 0 Å². The molecule has 0 saturated carbocycles. The van der Waals surface area contributed by atoms with Gasteiger partial charge in [-0.3, -0.25) is 4.79 Å². The molecule has 1 amide bonds. The summed E-state index contributed by atoms with van der Waals surface area (Å²) in [6.45, 7) is 0.0335. The summed E-state index contributed by atoms with van der Waals surface area (Å²) in [6, 6.07) is 12.3. The third kappa shape index (κ3) is 5.14. The van der Waals surface area contributed by atoms with Crippen molar-refractivity contribution in [1.82, 2.24) is 5.32 Å². The fourth-order valence-electron chi connectivity index (χ4n) is 2.39. The molecule has 0 aliphatic heterocycles. The molecule has 1 atom stereocenters. The van der Waals surface area contributed by atoms with E-state index in [-0.39, 0.29) is 30.5 Å². The maximum absolute atomic E-state index is 13.6. The highest BCUT2D eigenvalue weighted by Gasteiger charge is 2.16. The predicted molar refractivity (Wildman–Crippen MR) is 83.7 cm³/mol. The zero-order chi connectivity index (χ0) is 16.7.